The quantitative estimate of drug-likeness (QED) is 0.773. The van der Waals surface area contributed by atoms with E-state index in [1.807, 2.05) is 43.5 Å². The molecule has 0 saturated carbocycles. The van der Waals surface area contributed by atoms with E-state index in [0.29, 0.717) is 18.6 Å². The van der Waals surface area contributed by atoms with Gasteiger partial charge in [-0.25, -0.2) is 4.79 Å². The lowest BCUT2D eigenvalue weighted by Gasteiger charge is -2.19. The van der Waals surface area contributed by atoms with Crippen molar-refractivity contribution >= 4 is 23.6 Å². The lowest BCUT2D eigenvalue weighted by atomic mass is 9.95. The van der Waals surface area contributed by atoms with Crippen LogP contribution in [0.5, 0.6) is 0 Å². The summed E-state index contributed by atoms with van der Waals surface area (Å²) in [6, 6.07) is 8.64. The zero-order chi connectivity index (χ0) is 15.0. The molecule has 1 aromatic carbocycles. The highest BCUT2D eigenvalue weighted by molar-refractivity contribution is 7.98. The van der Waals surface area contributed by atoms with Crippen molar-refractivity contribution in [1.29, 1.82) is 0 Å². The van der Waals surface area contributed by atoms with E-state index in [2.05, 4.69) is 5.32 Å². The van der Waals surface area contributed by atoms with Gasteiger partial charge in [0, 0.05) is 0 Å². The van der Waals surface area contributed by atoms with Crippen molar-refractivity contribution in [3.63, 3.8) is 0 Å². The van der Waals surface area contributed by atoms with E-state index in [0.717, 1.165) is 5.56 Å². The molecule has 0 aliphatic rings. The topological polar surface area (TPSA) is 66.4 Å². The van der Waals surface area contributed by atoms with Crippen LogP contribution in [0.15, 0.2) is 30.3 Å². The van der Waals surface area contributed by atoms with Crippen molar-refractivity contribution in [1.82, 2.24) is 5.32 Å². The van der Waals surface area contributed by atoms with E-state index in [-0.39, 0.29) is 11.8 Å². The van der Waals surface area contributed by atoms with Gasteiger partial charge in [0.1, 0.15) is 6.04 Å². The molecule has 0 fully saturated rings. The highest BCUT2D eigenvalue weighted by Crippen LogP contribution is 2.19. The molecule has 0 bridgehead atoms. The monoisotopic (exact) mass is 295 g/mol. The molecule has 110 valence electrons. The Balaban J connectivity index is 2.73. The highest BCUT2D eigenvalue weighted by atomic mass is 32.2. The SMILES string of the molecule is CCC(C(=O)N[C@H](CCSC)C(=O)O)c1ccccc1. The fourth-order valence-electron chi connectivity index (χ4n) is 2.02. The minimum atomic E-state index is -0.977. The molecule has 1 aromatic rings. The third kappa shape index (κ3) is 4.89. The van der Waals surface area contributed by atoms with Crippen molar-refractivity contribution in [2.75, 3.05) is 12.0 Å². The second kappa shape index (κ2) is 8.64. The minimum absolute atomic E-state index is 0.216. The van der Waals surface area contributed by atoms with Crippen molar-refractivity contribution in [3.05, 3.63) is 35.9 Å². The number of nitrogens with one attached hydrogen (secondary N) is 1. The molecule has 1 unspecified atom stereocenters. The van der Waals surface area contributed by atoms with Crippen LogP contribution < -0.4 is 5.32 Å². The number of rotatable bonds is 8. The number of hydrogen-bond acceptors (Lipinski definition) is 3. The number of carboxylic acids is 1. The highest BCUT2D eigenvalue weighted by Gasteiger charge is 2.24. The van der Waals surface area contributed by atoms with Crippen molar-refractivity contribution < 1.29 is 14.7 Å². The van der Waals surface area contributed by atoms with Gasteiger partial charge >= 0.3 is 5.97 Å². The van der Waals surface area contributed by atoms with Crippen LogP contribution in [0.1, 0.15) is 31.2 Å². The maximum Gasteiger partial charge on any atom is 0.326 e. The summed E-state index contributed by atoms with van der Waals surface area (Å²) in [5, 5.41) is 11.8. The molecule has 0 heterocycles. The average molecular weight is 295 g/mol. The standard InChI is InChI=1S/C15H21NO3S/c1-3-12(11-7-5-4-6-8-11)14(17)16-13(15(18)19)9-10-20-2/h4-8,12-13H,3,9-10H2,1-2H3,(H,16,17)(H,18,19)/t12?,13-/m1/s1. The van der Waals surface area contributed by atoms with Gasteiger partial charge in [-0.3, -0.25) is 4.79 Å². The molecule has 4 nitrogen and oxygen atoms in total. The van der Waals surface area contributed by atoms with Gasteiger partial charge in [0.25, 0.3) is 0 Å². The number of carbonyl (C=O) groups excluding carboxylic acids is 1. The fourth-order valence-corrected chi connectivity index (χ4v) is 2.49. The molecule has 2 atom stereocenters. The minimum Gasteiger partial charge on any atom is -0.480 e. The first-order valence-electron chi connectivity index (χ1n) is 6.67. The van der Waals surface area contributed by atoms with E-state index >= 15 is 0 Å². The van der Waals surface area contributed by atoms with Gasteiger partial charge in [-0.1, -0.05) is 37.3 Å². The van der Waals surface area contributed by atoms with E-state index in [4.69, 9.17) is 5.11 Å². The predicted molar refractivity (Wildman–Crippen MR) is 82.0 cm³/mol. The van der Waals surface area contributed by atoms with Gasteiger partial charge in [0.15, 0.2) is 0 Å². The van der Waals surface area contributed by atoms with Gasteiger partial charge in [0.2, 0.25) is 5.91 Å². The summed E-state index contributed by atoms with van der Waals surface area (Å²) in [6.07, 6.45) is 3.00. The van der Waals surface area contributed by atoms with Crippen molar-refractivity contribution in [2.45, 2.75) is 31.7 Å². The van der Waals surface area contributed by atoms with Gasteiger partial charge in [-0.2, -0.15) is 11.8 Å². The summed E-state index contributed by atoms with van der Waals surface area (Å²) in [5.41, 5.74) is 0.918. The van der Waals surface area contributed by atoms with Crippen LogP contribution in [-0.2, 0) is 9.59 Å². The van der Waals surface area contributed by atoms with E-state index in [9.17, 15) is 9.59 Å². The van der Waals surface area contributed by atoms with Crippen LogP contribution in [0.4, 0.5) is 0 Å². The Morgan fingerprint density at radius 3 is 2.45 bits per heavy atom. The lowest BCUT2D eigenvalue weighted by molar-refractivity contribution is -0.142. The van der Waals surface area contributed by atoms with E-state index in [1.54, 1.807) is 11.8 Å². The Morgan fingerprint density at radius 2 is 1.95 bits per heavy atom. The number of thioether (sulfide) groups is 1. The molecule has 0 radical (unpaired) electrons. The smallest absolute Gasteiger partial charge is 0.326 e. The Labute approximate surface area is 124 Å². The molecule has 0 aliphatic carbocycles. The van der Waals surface area contributed by atoms with E-state index in [1.165, 1.54) is 0 Å². The summed E-state index contributed by atoms with van der Waals surface area (Å²) < 4.78 is 0. The molecule has 1 amide bonds. The number of carbonyl (C=O) groups is 2. The van der Waals surface area contributed by atoms with Crippen LogP contribution in [0, 0.1) is 0 Å². The van der Waals surface area contributed by atoms with Gasteiger partial charge < -0.3 is 10.4 Å². The van der Waals surface area contributed by atoms with Gasteiger partial charge in [0.05, 0.1) is 5.92 Å². The molecule has 0 saturated heterocycles. The molecule has 0 spiro atoms. The van der Waals surface area contributed by atoms with Crippen molar-refractivity contribution in [3.8, 4) is 0 Å². The summed E-state index contributed by atoms with van der Waals surface area (Å²) in [6.45, 7) is 1.93. The zero-order valence-corrected chi connectivity index (χ0v) is 12.7. The number of aliphatic carboxylic acids is 1. The van der Waals surface area contributed by atoms with E-state index < -0.39 is 12.0 Å². The number of hydrogen-bond donors (Lipinski definition) is 2. The molecule has 0 aliphatic heterocycles. The first-order chi connectivity index (χ1) is 9.60. The lowest BCUT2D eigenvalue weighted by Crippen LogP contribution is -2.43. The first kappa shape index (κ1) is 16.6. The van der Waals surface area contributed by atoms with Crippen LogP contribution >= 0.6 is 11.8 Å². The molecule has 0 aromatic heterocycles. The largest absolute Gasteiger partial charge is 0.480 e. The zero-order valence-electron chi connectivity index (χ0n) is 11.8. The summed E-state index contributed by atoms with van der Waals surface area (Å²) in [4.78, 5) is 23.4. The molecule has 20 heavy (non-hydrogen) atoms. The predicted octanol–water partition coefficient (Wildman–Crippen LogP) is 2.50. The Hall–Kier alpha value is -1.49. The van der Waals surface area contributed by atoms with Crippen molar-refractivity contribution in [2.24, 2.45) is 0 Å². The average Bonchev–Trinajstić information content (AvgIpc) is 2.45. The number of amides is 1. The third-order valence-corrected chi connectivity index (χ3v) is 3.80. The Bertz CT molecular complexity index is 436. The molecule has 5 heteroatoms. The van der Waals surface area contributed by atoms with Gasteiger partial charge in [-0.15, -0.1) is 0 Å². The summed E-state index contributed by atoms with van der Waals surface area (Å²) in [5.74, 6) is -0.783. The third-order valence-electron chi connectivity index (χ3n) is 3.15. The maximum atomic E-state index is 12.3. The Kier molecular flexibility index (Phi) is 7.15. The second-order valence-electron chi connectivity index (χ2n) is 4.55. The molecular formula is C15H21NO3S. The summed E-state index contributed by atoms with van der Waals surface area (Å²) in [7, 11) is 0. The number of carboxylic acid groups (broad SMARTS) is 1. The first-order valence-corrected chi connectivity index (χ1v) is 8.06. The van der Waals surface area contributed by atoms with Crippen LogP contribution in [-0.4, -0.2) is 35.0 Å². The van der Waals surface area contributed by atoms with Crippen LogP contribution in [0.2, 0.25) is 0 Å². The van der Waals surface area contributed by atoms with Crippen LogP contribution in [0.25, 0.3) is 0 Å². The Morgan fingerprint density at radius 1 is 1.30 bits per heavy atom. The molecular weight excluding hydrogens is 274 g/mol. The van der Waals surface area contributed by atoms with Crippen LogP contribution in [0.3, 0.4) is 0 Å². The molecule has 1 rings (SSSR count). The fraction of sp³-hybridized carbons (Fsp3) is 0.467. The molecule has 2 N–H and O–H groups in total. The maximum absolute atomic E-state index is 12.3. The summed E-state index contributed by atoms with van der Waals surface area (Å²) >= 11 is 1.57. The van der Waals surface area contributed by atoms with Gasteiger partial charge in [-0.05, 0) is 30.4 Å². The number of benzene rings is 1. The normalized spacial score (nSPS) is 13.5. The second-order valence-corrected chi connectivity index (χ2v) is 5.54.